The second-order valence-electron chi connectivity index (χ2n) is 2.90. The molecular formula is C10H7F2IN2O2. The number of pyridine rings is 1. The molecule has 7 heteroatoms. The van der Waals surface area contributed by atoms with E-state index in [0.717, 1.165) is 6.07 Å². The topological polar surface area (TPSA) is 63.0 Å². The maximum atomic E-state index is 12.8. The van der Waals surface area contributed by atoms with Crippen molar-refractivity contribution in [3.63, 3.8) is 0 Å². The van der Waals surface area contributed by atoms with Crippen LogP contribution in [0.2, 0.25) is 0 Å². The van der Waals surface area contributed by atoms with Gasteiger partial charge in [-0.2, -0.15) is 5.26 Å². The Morgan fingerprint density at radius 3 is 2.82 bits per heavy atom. The van der Waals surface area contributed by atoms with Crippen LogP contribution < -0.4 is 0 Å². The first-order valence-corrected chi connectivity index (χ1v) is 5.65. The van der Waals surface area contributed by atoms with Crippen molar-refractivity contribution in [2.75, 3.05) is 6.61 Å². The van der Waals surface area contributed by atoms with Crippen LogP contribution in [-0.2, 0) is 4.74 Å². The summed E-state index contributed by atoms with van der Waals surface area (Å²) in [7, 11) is 0. The van der Waals surface area contributed by atoms with Crippen molar-refractivity contribution in [3.8, 4) is 6.07 Å². The van der Waals surface area contributed by atoms with Crippen molar-refractivity contribution in [1.82, 2.24) is 4.98 Å². The highest BCUT2D eigenvalue weighted by molar-refractivity contribution is 14.1. The summed E-state index contributed by atoms with van der Waals surface area (Å²) in [5.41, 5.74) is -0.960. The fourth-order valence-corrected chi connectivity index (χ4v) is 1.96. The fourth-order valence-electron chi connectivity index (χ4n) is 1.17. The van der Waals surface area contributed by atoms with Gasteiger partial charge in [0.2, 0.25) is 0 Å². The number of esters is 1. The standard InChI is InChI=1S/C10H7F2IN2O2/c1-2-17-10(16)7-6(8(11)12)3-5(4-14)15-9(7)13/h3,8H,2H2,1H3. The Labute approximate surface area is 110 Å². The largest absolute Gasteiger partial charge is 0.462 e. The summed E-state index contributed by atoms with van der Waals surface area (Å²) in [6.07, 6.45) is -2.86. The SMILES string of the molecule is CCOC(=O)c1c(C(F)F)cc(C#N)nc1I. The van der Waals surface area contributed by atoms with Gasteiger partial charge < -0.3 is 4.74 Å². The first-order chi connectivity index (χ1) is 8.01. The molecule has 0 N–H and O–H groups in total. The van der Waals surface area contributed by atoms with Crippen LogP contribution in [0, 0.1) is 15.0 Å². The zero-order valence-electron chi connectivity index (χ0n) is 8.71. The molecule has 0 saturated carbocycles. The van der Waals surface area contributed by atoms with E-state index < -0.39 is 18.0 Å². The molecule has 1 aromatic heterocycles. The van der Waals surface area contributed by atoms with Gasteiger partial charge in [0.15, 0.2) is 0 Å². The maximum absolute atomic E-state index is 12.8. The van der Waals surface area contributed by atoms with Gasteiger partial charge in [-0.15, -0.1) is 0 Å². The van der Waals surface area contributed by atoms with Gasteiger partial charge in [0.05, 0.1) is 6.61 Å². The number of carbonyl (C=O) groups is 1. The molecule has 0 radical (unpaired) electrons. The summed E-state index contributed by atoms with van der Waals surface area (Å²) in [6, 6.07) is 2.56. The van der Waals surface area contributed by atoms with Gasteiger partial charge in [-0.3, -0.25) is 0 Å². The summed E-state index contributed by atoms with van der Waals surface area (Å²) in [6.45, 7) is 1.65. The number of hydrogen-bond acceptors (Lipinski definition) is 4. The monoisotopic (exact) mass is 352 g/mol. The molecule has 0 saturated heterocycles. The number of ether oxygens (including phenoxy) is 1. The van der Waals surface area contributed by atoms with Crippen molar-refractivity contribution in [2.45, 2.75) is 13.3 Å². The molecule has 90 valence electrons. The van der Waals surface area contributed by atoms with Gasteiger partial charge in [-0.05, 0) is 35.6 Å². The van der Waals surface area contributed by atoms with Crippen molar-refractivity contribution >= 4 is 28.6 Å². The minimum Gasteiger partial charge on any atom is -0.462 e. The van der Waals surface area contributed by atoms with Crippen LogP contribution in [-0.4, -0.2) is 17.6 Å². The smallest absolute Gasteiger partial charge is 0.341 e. The molecule has 0 bridgehead atoms. The predicted molar refractivity (Wildman–Crippen MR) is 62.6 cm³/mol. The molecule has 1 heterocycles. The Kier molecular flexibility index (Phi) is 4.74. The van der Waals surface area contributed by atoms with E-state index in [1.165, 1.54) is 0 Å². The Morgan fingerprint density at radius 1 is 1.71 bits per heavy atom. The summed E-state index contributed by atoms with van der Waals surface area (Å²) < 4.78 is 30.3. The van der Waals surface area contributed by atoms with E-state index in [1.54, 1.807) is 35.6 Å². The minimum atomic E-state index is -2.86. The summed E-state index contributed by atoms with van der Waals surface area (Å²) in [4.78, 5) is 15.2. The zero-order valence-corrected chi connectivity index (χ0v) is 10.9. The molecule has 0 fully saturated rings. The normalized spacial score (nSPS) is 10.1. The van der Waals surface area contributed by atoms with Gasteiger partial charge >= 0.3 is 5.97 Å². The summed E-state index contributed by atoms with van der Waals surface area (Å²) in [5.74, 6) is -0.857. The van der Waals surface area contributed by atoms with E-state index in [9.17, 15) is 13.6 Å². The van der Waals surface area contributed by atoms with Crippen molar-refractivity contribution in [1.29, 1.82) is 5.26 Å². The van der Waals surface area contributed by atoms with E-state index in [-0.39, 0.29) is 21.6 Å². The Bertz CT molecular complexity index is 486. The van der Waals surface area contributed by atoms with Gasteiger partial charge in [0.25, 0.3) is 6.43 Å². The van der Waals surface area contributed by atoms with Gasteiger partial charge in [-0.25, -0.2) is 18.6 Å². The number of alkyl halides is 2. The van der Waals surface area contributed by atoms with Crippen molar-refractivity contribution < 1.29 is 18.3 Å². The highest BCUT2D eigenvalue weighted by atomic mass is 127. The first kappa shape index (κ1) is 13.8. The summed E-state index contributed by atoms with van der Waals surface area (Å²) >= 11 is 1.63. The number of nitriles is 1. The van der Waals surface area contributed by atoms with E-state index in [1.807, 2.05) is 0 Å². The van der Waals surface area contributed by atoms with Gasteiger partial charge in [-0.1, -0.05) is 0 Å². The lowest BCUT2D eigenvalue weighted by Crippen LogP contribution is -2.13. The van der Waals surface area contributed by atoms with Crippen molar-refractivity contribution in [3.05, 3.63) is 26.6 Å². The Morgan fingerprint density at radius 2 is 2.35 bits per heavy atom. The first-order valence-electron chi connectivity index (χ1n) is 4.57. The second-order valence-corrected chi connectivity index (χ2v) is 3.92. The minimum absolute atomic E-state index is 0.0374. The molecule has 0 aliphatic rings. The lowest BCUT2D eigenvalue weighted by Gasteiger charge is -2.09. The highest BCUT2D eigenvalue weighted by Crippen LogP contribution is 2.27. The molecule has 0 aromatic carbocycles. The Balaban J connectivity index is 3.37. The molecular weight excluding hydrogens is 345 g/mol. The van der Waals surface area contributed by atoms with E-state index >= 15 is 0 Å². The third kappa shape index (κ3) is 3.09. The highest BCUT2D eigenvalue weighted by Gasteiger charge is 2.24. The number of rotatable bonds is 3. The summed E-state index contributed by atoms with van der Waals surface area (Å²) in [5, 5.41) is 8.62. The van der Waals surface area contributed by atoms with Crippen LogP contribution in [0.25, 0.3) is 0 Å². The van der Waals surface area contributed by atoms with Crippen LogP contribution in [0.15, 0.2) is 6.07 Å². The lowest BCUT2D eigenvalue weighted by molar-refractivity contribution is 0.0513. The van der Waals surface area contributed by atoms with Crippen LogP contribution >= 0.6 is 22.6 Å². The van der Waals surface area contributed by atoms with Crippen molar-refractivity contribution in [2.24, 2.45) is 0 Å². The molecule has 1 rings (SSSR count). The third-order valence-electron chi connectivity index (χ3n) is 1.84. The molecule has 0 aliphatic heterocycles. The molecule has 0 aliphatic carbocycles. The molecule has 0 amide bonds. The third-order valence-corrected chi connectivity index (χ3v) is 2.62. The number of halogens is 3. The van der Waals surface area contributed by atoms with E-state index in [4.69, 9.17) is 5.26 Å². The average Bonchev–Trinajstić information content (AvgIpc) is 2.27. The van der Waals surface area contributed by atoms with Crippen LogP contribution in [0.3, 0.4) is 0 Å². The van der Waals surface area contributed by atoms with E-state index in [0.29, 0.717) is 0 Å². The van der Waals surface area contributed by atoms with Crippen LogP contribution in [0.4, 0.5) is 8.78 Å². The van der Waals surface area contributed by atoms with Crippen LogP contribution in [0.1, 0.15) is 35.0 Å². The fraction of sp³-hybridized carbons (Fsp3) is 0.300. The second kappa shape index (κ2) is 5.86. The predicted octanol–water partition coefficient (Wildman–Crippen LogP) is 2.67. The number of nitrogens with zero attached hydrogens (tertiary/aromatic N) is 2. The number of carbonyl (C=O) groups excluding carboxylic acids is 1. The zero-order chi connectivity index (χ0) is 13.0. The molecule has 0 unspecified atom stereocenters. The van der Waals surface area contributed by atoms with Gasteiger partial charge in [0, 0.05) is 5.56 Å². The average molecular weight is 352 g/mol. The van der Waals surface area contributed by atoms with Crippen LogP contribution in [0.5, 0.6) is 0 Å². The Hall–Kier alpha value is -1.30. The van der Waals surface area contributed by atoms with Gasteiger partial charge in [0.1, 0.15) is 21.0 Å². The maximum Gasteiger partial charge on any atom is 0.341 e. The molecule has 0 atom stereocenters. The quantitative estimate of drug-likeness (QED) is 0.477. The number of aromatic nitrogens is 1. The molecule has 17 heavy (non-hydrogen) atoms. The molecule has 1 aromatic rings. The molecule has 4 nitrogen and oxygen atoms in total. The lowest BCUT2D eigenvalue weighted by atomic mass is 10.1. The number of hydrogen-bond donors (Lipinski definition) is 0. The van der Waals surface area contributed by atoms with E-state index in [2.05, 4.69) is 9.72 Å². The molecule has 0 spiro atoms.